The number of aromatic nitrogens is 3. The van der Waals surface area contributed by atoms with Crippen molar-refractivity contribution in [3.63, 3.8) is 0 Å². The van der Waals surface area contributed by atoms with E-state index in [1.165, 1.54) is 0 Å². The third-order valence-electron chi connectivity index (χ3n) is 4.42. The molecule has 1 saturated heterocycles. The second kappa shape index (κ2) is 8.17. The van der Waals surface area contributed by atoms with E-state index in [9.17, 15) is 4.79 Å². The molecule has 2 heterocycles. The van der Waals surface area contributed by atoms with Crippen molar-refractivity contribution >= 4 is 29.1 Å². The van der Waals surface area contributed by atoms with Gasteiger partial charge in [0.25, 0.3) is 5.91 Å². The molecule has 134 valence electrons. The third kappa shape index (κ3) is 4.51. The zero-order chi connectivity index (χ0) is 17.8. The predicted octanol–water partition coefficient (Wildman–Crippen LogP) is 2.79. The van der Waals surface area contributed by atoms with E-state index >= 15 is 0 Å². The van der Waals surface area contributed by atoms with Crippen molar-refractivity contribution in [3.05, 3.63) is 45.2 Å². The molecule has 1 aromatic carbocycles. The number of carbonyl (C=O) groups excluding carboxylic acids is 1. The first-order valence-corrected chi connectivity index (χ1v) is 9.16. The SMILES string of the molecule is Cc1c(C(=O)NCCc2cc(Cl)cc(Cl)c2)nnn1C1CCNCC1. The minimum absolute atomic E-state index is 0.203. The van der Waals surface area contributed by atoms with Crippen LogP contribution in [0.1, 0.15) is 40.6 Å². The van der Waals surface area contributed by atoms with Gasteiger partial charge in [-0.2, -0.15) is 0 Å². The molecule has 0 saturated carbocycles. The highest BCUT2D eigenvalue weighted by molar-refractivity contribution is 6.34. The molecule has 1 amide bonds. The Morgan fingerprint density at radius 1 is 1.28 bits per heavy atom. The van der Waals surface area contributed by atoms with Crippen LogP contribution in [0.3, 0.4) is 0 Å². The van der Waals surface area contributed by atoms with Gasteiger partial charge in [0.1, 0.15) is 0 Å². The number of hydrogen-bond acceptors (Lipinski definition) is 4. The van der Waals surface area contributed by atoms with E-state index in [4.69, 9.17) is 23.2 Å². The molecule has 2 aromatic rings. The van der Waals surface area contributed by atoms with Crippen LogP contribution in [-0.4, -0.2) is 40.5 Å². The van der Waals surface area contributed by atoms with E-state index in [-0.39, 0.29) is 5.91 Å². The number of carbonyl (C=O) groups is 1. The fourth-order valence-electron chi connectivity index (χ4n) is 3.11. The quantitative estimate of drug-likeness (QED) is 0.834. The number of benzene rings is 1. The lowest BCUT2D eigenvalue weighted by Crippen LogP contribution is -2.30. The fourth-order valence-corrected chi connectivity index (χ4v) is 3.68. The molecule has 3 rings (SSSR count). The first-order valence-electron chi connectivity index (χ1n) is 8.40. The lowest BCUT2D eigenvalue weighted by atomic mass is 10.1. The van der Waals surface area contributed by atoms with E-state index < -0.39 is 0 Å². The molecule has 1 aliphatic heterocycles. The van der Waals surface area contributed by atoms with Crippen LogP contribution in [0.4, 0.5) is 0 Å². The maximum Gasteiger partial charge on any atom is 0.273 e. The lowest BCUT2D eigenvalue weighted by molar-refractivity contribution is 0.0948. The normalized spacial score (nSPS) is 15.3. The Morgan fingerprint density at radius 2 is 1.96 bits per heavy atom. The van der Waals surface area contributed by atoms with Gasteiger partial charge in [-0.3, -0.25) is 4.79 Å². The van der Waals surface area contributed by atoms with Crippen LogP contribution >= 0.6 is 23.2 Å². The summed E-state index contributed by atoms with van der Waals surface area (Å²) in [5.41, 5.74) is 2.19. The van der Waals surface area contributed by atoms with Gasteiger partial charge in [0.05, 0.1) is 11.7 Å². The highest BCUT2D eigenvalue weighted by Gasteiger charge is 2.22. The summed E-state index contributed by atoms with van der Waals surface area (Å²) in [7, 11) is 0. The average Bonchev–Trinajstić information content (AvgIpc) is 2.96. The van der Waals surface area contributed by atoms with Crippen molar-refractivity contribution in [2.24, 2.45) is 0 Å². The van der Waals surface area contributed by atoms with Gasteiger partial charge in [-0.05, 0) is 63.0 Å². The van der Waals surface area contributed by atoms with E-state index in [0.717, 1.165) is 37.2 Å². The van der Waals surface area contributed by atoms with Crippen molar-refractivity contribution in [2.45, 2.75) is 32.2 Å². The minimum Gasteiger partial charge on any atom is -0.350 e. The van der Waals surface area contributed by atoms with Crippen LogP contribution in [0.25, 0.3) is 0 Å². The Hall–Kier alpha value is -1.63. The molecule has 0 aliphatic carbocycles. The number of amides is 1. The number of piperidine rings is 1. The van der Waals surface area contributed by atoms with Crippen LogP contribution in [-0.2, 0) is 6.42 Å². The zero-order valence-corrected chi connectivity index (χ0v) is 15.6. The van der Waals surface area contributed by atoms with Crippen LogP contribution in [0, 0.1) is 6.92 Å². The average molecular weight is 382 g/mol. The molecule has 0 bridgehead atoms. The van der Waals surface area contributed by atoms with Gasteiger partial charge in [0.2, 0.25) is 0 Å². The Morgan fingerprint density at radius 3 is 2.64 bits per heavy atom. The van der Waals surface area contributed by atoms with Crippen LogP contribution in [0.2, 0.25) is 10.0 Å². The van der Waals surface area contributed by atoms with Crippen molar-refractivity contribution < 1.29 is 4.79 Å². The summed E-state index contributed by atoms with van der Waals surface area (Å²) >= 11 is 12.0. The largest absolute Gasteiger partial charge is 0.350 e. The first-order chi connectivity index (χ1) is 12.0. The maximum absolute atomic E-state index is 12.4. The Balaban J connectivity index is 1.59. The molecular weight excluding hydrogens is 361 g/mol. The summed E-state index contributed by atoms with van der Waals surface area (Å²) in [4.78, 5) is 12.4. The van der Waals surface area contributed by atoms with Crippen molar-refractivity contribution in [2.75, 3.05) is 19.6 Å². The molecule has 1 aliphatic rings. The van der Waals surface area contributed by atoms with E-state index in [0.29, 0.717) is 34.7 Å². The second-order valence-electron chi connectivity index (χ2n) is 6.23. The van der Waals surface area contributed by atoms with Gasteiger partial charge in [-0.1, -0.05) is 28.4 Å². The Labute approximate surface area is 156 Å². The highest BCUT2D eigenvalue weighted by atomic mass is 35.5. The van der Waals surface area contributed by atoms with E-state index in [1.54, 1.807) is 6.07 Å². The summed E-state index contributed by atoms with van der Waals surface area (Å²) in [6, 6.07) is 5.69. The summed E-state index contributed by atoms with van der Waals surface area (Å²) in [5, 5.41) is 15.7. The monoisotopic (exact) mass is 381 g/mol. The van der Waals surface area contributed by atoms with Gasteiger partial charge < -0.3 is 10.6 Å². The molecule has 0 atom stereocenters. The topological polar surface area (TPSA) is 71.8 Å². The van der Waals surface area contributed by atoms with Gasteiger partial charge in [-0.25, -0.2) is 4.68 Å². The highest BCUT2D eigenvalue weighted by Crippen LogP contribution is 2.21. The predicted molar refractivity (Wildman–Crippen MR) is 98.4 cm³/mol. The molecule has 0 spiro atoms. The van der Waals surface area contributed by atoms with Crippen molar-refractivity contribution in [1.82, 2.24) is 25.6 Å². The number of hydrogen-bond donors (Lipinski definition) is 2. The van der Waals surface area contributed by atoms with Gasteiger partial charge in [-0.15, -0.1) is 5.10 Å². The summed E-state index contributed by atoms with van der Waals surface area (Å²) in [5.74, 6) is -0.203. The molecule has 0 unspecified atom stereocenters. The number of nitrogens with zero attached hydrogens (tertiary/aromatic N) is 3. The molecular formula is C17H21Cl2N5O. The first kappa shape index (κ1) is 18.2. The number of halogens is 2. The molecule has 1 aromatic heterocycles. The minimum atomic E-state index is -0.203. The molecule has 1 fully saturated rings. The third-order valence-corrected chi connectivity index (χ3v) is 4.86. The van der Waals surface area contributed by atoms with E-state index in [2.05, 4.69) is 20.9 Å². The van der Waals surface area contributed by atoms with E-state index in [1.807, 2.05) is 23.7 Å². The van der Waals surface area contributed by atoms with Gasteiger partial charge in [0, 0.05) is 16.6 Å². The Bertz CT molecular complexity index is 735. The molecule has 6 nitrogen and oxygen atoms in total. The van der Waals surface area contributed by atoms with Crippen molar-refractivity contribution in [1.29, 1.82) is 0 Å². The maximum atomic E-state index is 12.4. The fraction of sp³-hybridized carbons (Fsp3) is 0.471. The molecule has 25 heavy (non-hydrogen) atoms. The van der Waals surface area contributed by atoms with Crippen LogP contribution < -0.4 is 10.6 Å². The lowest BCUT2D eigenvalue weighted by Gasteiger charge is -2.23. The molecule has 0 radical (unpaired) electrons. The second-order valence-corrected chi connectivity index (χ2v) is 7.11. The molecule has 8 heteroatoms. The number of rotatable bonds is 5. The summed E-state index contributed by atoms with van der Waals surface area (Å²) < 4.78 is 1.88. The number of nitrogens with one attached hydrogen (secondary N) is 2. The zero-order valence-electron chi connectivity index (χ0n) is 14.1. The summed E-state index contributed by atoms with van der Waals surface area (Å²) in [6.45, 7) is 4.31. The van der Waals surface area contributed by atoms with Crippen molar-refractivity contribution in [3.8, 4) is 0 Å². The van der Waals surface area contributed by atoms with Gasteiger partial charge >= 0.3 is 0 Å². The molecule has 2 N–H and O–H groups in total. The smallest absolute Gasteiger partial charge is 0.273 e. The van der Waals surface area contributed by atoms with Gasteiger partial charge in [0.15, 0.2) is 5.69 Å². The summed E-state index contributed by atoms with van der Waals surface area (Å²) in [6.07, 6.45) is 2.65. The Kier molecular flexibility index (Phi) is 5.93. The standard InChI is InChI=1S/C17H21Cl2N5O/c1-11-16(22-23-24(11)15-3-5-20-6-4-15)17(25)21-7-2-12-8-13(18)10-14(19)9-12/h8-10,15,20H,2-7H2,1H3,(H,21,25). The van der Waals surface area contributed by atoms with Crippen LogP contribution in [0.5, 0.6) is 0 Å². The van der Waals surface area contributed by atoms with Crippen LogP contribution in [0.15, 0.2) is 18.2 Å².